The molecule has 0 unspecified atom stereocenters. The molecular formula is C28H31FN2O3. The molecule has 0 radical (unpaired) electrons. The fraction of sp³-hybridized carbons (Fsp3) is 0.321. The van der Waals surface area contributed by atoms with Crippen LogP contribution in [0.4, 0.5) is 10.1 Å². The monoisotopic (exact) mass is 462 g/mol. The summed E-state index contributed by atoms with van der Waals surface area (Å²) in [6.07, 6.45) is 1.65. The van der Waals surface area contributed by atoms with Crippen LogP contribution in [0.25, 0.3) is 0 Å². The summed E-state index contributed by atoms with van der Waals surface area (Å²) in [5.74, 6) is 1.21. The molecule has 0 atom stereocenters. The maximum absolute atomic E-state index is 13.6. The molecule has 1 aliphatic rings. The van der Waals surface area contributed by atoms with E-state index in [0.29, 0.717) is 5.56 Å². The lowest BCUT2D eigenvalue weighted by Crippen LogP contribution is -2.47. The van der Waals surface area contributed by atoms with Gasteiger partial charge in [0.1, 0.15) is 17.3 Å². The van der Waals surface area contributed by atoms with Crippen molar-refractivity contribution in [1.82, 2.24) is 4.90 Å². The Bertz CT molecular complexity index is 1110. The third kappa shape index (κ3) is 5.39. The molecule has 5 nitrogen and oxygen atoms in total. The quantitative estimate of drug-likeness (QED) is 0.467. The lowest BCUT2D eigenvalue weighted by molar-refractivity contribution is 0.0958. The van der Waals surface area contributed by atoms with Crippen molar-refractivity contribution in [2.24, 2.45) is 0 Å². The van der Waals surface area contributed by atoms with Crippen molar-refractivity contribution in [2.75, 3.05) is 32.2 Å². The van der Waals surface area contributed by atoms with Crippen LogP contribution in [0.2, 0.25) is 0 Å². The van der Waals surface area contributed by atoms with Gasteiger partial charge in [-0.05, 0) is 62.2 Å². The molecule has 0 bridgehead atoms. The summed E-state index contributed by atoms with van der Waals surface area (Å²) in [4.78, 5) is 17.8. The molecule has 0 saturated carbocycles. The summed E-state index contributed by atoms with van der Waals surface area (Å²) in [7, 11) is 3.31. The molecule has 3 aromatic carbocycles. The van der Waals surface area contributed by atoms with Crippen molar-refractivity contribution in [2.45, 2.75) is 32.4 Å². The van der Waals surface area contributed by atoms with E-state index in [9.17, 15) is 9.18 Å². The smallest absolute Gasteiger partial charge is 0.258 e. The second-order valence-electron chi connectivity index (χ2n) is 8.70. The van der Waals surface area contributed by atoms with E-state index in [1.165, 1.54) is 12.1 Å². The number of hydrogen-bond acceptors (Lipinski definition) is 4. The highest BCUT2D eigenvalue weighted by Gasteiger charge is 2.30. The van der Waals surface area contributed by atoms with Gasteiger partial charge in [-0.15, -0.1) is 0 Å². The highest BCUT2D eigenvalue weighted by atomic mass is 19.1. The zero-order chi connectivity index (χ0) is 24.1. The van der Waals surface area contributed by atoms with E-state index in [4.69, 9.17) is 9.47 Å². The van der Waals surface area contributed by atoms with Crippen molar-refractivity contribution in [3.05, 3.63) is 89.2 Å². The van der Waals surface area contributed by atoms with Crippen LogP contribution >= 0.6 is 0 Å². The summed E-state index contributed by atoms with van der Waals surface area (Å²) >= 11 is 0. The van der Waals surface area contributed by atoms with E-state index in [1.54, 1.807) is 26.4 Å². The first-order chi connectivity index (χ1) is 16.5. The average Bonchev–Trinajstić information content (AvgIpc) is 2.87. The van der Waals surface area contributed by atoms with Gasteiger partial charge in [0.05, 0.1) is 14.2 Å². The molecule has 0 spiro atoms. The van der Waals surface area contributed by atoms with Crippen LogP contribution in [0, 0.1) is 12.7 Å². The Labute approximate surface area is 200 Å². The van der Waals surface area contributed by atoms with Crippen LogP contribution in [-0.2, 0) is 6.54 Å². The number of rotatable bonds is 7. The molecule has 4 rings (SSSR count). The van der Waals surface area contributed by atoms with Gasteiger partial charge in [-0.25, -0.2) is 4.39 Å². The molecule has 1 amide bonds. The predicted octanol–water partition coefficient (Wildman–Crippen LogP) is 5.46. The van der Waals surface area contributed by atoms with Crippen molar-refractivity contribution >= 4 is 11.6 Å². The number of aryl methyl sites for hydroxylation is 1. The Morgan fingerprint density at radius 2 is 1.65 bits per heavy atom. The Morgan fingerprint density at radius 1 is 0.971 bits per heavy atom. The SMILES string of the molecule is COc1ccc(CN2CCC(N(C(=O)c3ccc(C)cc3)c3ccc(F)cc3)CC2)c(OC)c1. The Hall–Kier alpha value is -3.38. The molecule has 1 aliphatic heterocycles. The van der Waals surface area contributed by atoms with Crippen LogP contribution in [0.1, 0.15) is 34.3 Å². The molecule has 0 N–H and O–H groups in total. The number of methoxy groups -OCH3 is 2. The summed E-state index contributed by atoms with van der Waals surface area (Å²) < 4.78 is 24.5. The van der Waals surface area contributed by atoms with E-state index in [1.807, 2.05) is 54.3 Å². The van der Waals surface area contributed by atoms with Crippen molar-refractivity contribution in [3.8, 4) is 11.5 Å². The average molecular weight is 463 g/mol. The number of hydrogen-bond donors (Lipinski definition) is 0. The highest BCUT2D eigenvalue weighted by Crippen LogP contribution is 2.29. The van der Waals surface area contributed by atoms with E-state index < -0.39 is 0 Å². The standard InChI is InChI=1S/C28H31FN2O3/c1-20-4-6-21(7-5-20)28(32)31(24-11-9-23(29)10-12-24)25-14-16-30(17-15-25)19-22-8-13-26(33-2)18-27(22)34-3/h4-13,18,25H,14-17,19H2,1-3H3. The van der Waals surface area contributed by atoms with Gasteiger partial charge < -0.3 is 14.4 Å². The number of benzene rings is 3. The summed E-state index contributed by atoms with van der Waals surface area (Å²) in [6, 6.07) is 19.7. The van der Waals surface area contributed by atoms with Gasteiger partial charge in [-0.2, -0.15) is 0 Å². The van der Waals surface area contributed by atoms with Crippen LogP contribution < -0.4 is 14.4 Å². The minimum atomic E-state index is -0.310. The molecular weight excluding hydrogens is 431 g/mol. The summed E-state index contributed by atoms with van der Waals surface area (Å²) in [5.41, 5.74) is 3.57. The largest absolute Gasteiger partial charge is 0.497 e. The lowest BCUT2D eigenvalue weighted by atomic mass is 9.99. The molecule has 6 heteroatoms. The predicted molar refractivity (Wildman–Crippen MR) is 132 cm³/mol. The van der Waals surface area contributed by atoms with Gasteiger partial charge in [-0.1, -0.05) is 23.8 Å². The second-order valence-corrected chi connectivity index (χ2v) is 8.70. The normalized spacial score (nSPS) is 14.6. The van der Waals surface area contributed by atoms with E-state index in [2.05, 4.69) is 4.90 Å². The van der Waals surface area contributed by atoms with Crippen molar-refractivity contribution in [1.29, 1.82) is 0 Å². The maximum Gasteiger partial charge on any atom is 0.258 e. The number of ether oxygens (including phenoxy) is 2. The third-order valence-corrected chi connectivity index (χ3v) is 6.43. The molecule has 1 saturated heterocycles. The molecule has 1 fully saturated rings. The van der Waals surface area contributed by atoms with Gasteiger partial charge in [0.15, 0.2) is 0 Å². The topological polar surface area (TPSA) is 42.0 Å². The summed E-state index contributed by atoms with van der Waals surface area (Å²) in [6.45, 7) is 4.46. The minimum Gasteiger partial charge on any atom is -0.497 e. The van der Waals surface area contributed by atoms with Crippen molar-refractivity contribution in [3.63, 3.8) is 0 Å². The maximum atomic E-state index is 13.6. The molecule has 0 aromatic heterocycles. The van der Waals surface area contributed by atoms with Crippen LogP contribution in [0.15, 0.2) is 66.7 Å². The first kappa shape index (κ1) is 23.8. The Morgan fingerprint density at radius 3 is 2.26 bits per heavy atom. The fourth-order valence-corrected chi connectivity index (χ4v) is 4.49. The van der Waals surface area contributed by atoms with Gasteiger partial charge >= 0.3 is 0 Å². The Kier molecular flexibility index (Phi) is 7.48. The number of halogens is 1. The second kappa shape index (κ2) is 10.7. The van der Waals surface area contributed by atoms with Gasteiger partial charge in [-0.3, -0.25) is 9.69 Å². The van der Waals surface area contributed by atoms with Crippen LogP contribution in [-0.4, -0.2) is 44.2 Å². The van der Waals surface area contributed by atoms with E-state index >= 15 is 0 Å². The van der Waals surface area contributed by atoms with Gasteiger partial charge in [0.25, 0.3) is 5.91 Å². The lowest BCUT2D eigenvalue weighted by Gasteiger charge is -2.39. The molecule has 178 valence electrons. The van der Waals surface area contributed by atoms with Crippen LogP contribution in [0.5, 0.6) is 11.5 Å². The van der Waals surface area contributed by atoms with Gasteiger partial charge in [0, 0.05) is 48.6 Å². The summed E-state index contributed by atoms with van der Waals surface area (Å²) in [5, 5.41) is 0. The number of nitrogens with zero attached hydrogens (tertiary/aromatic N) is 2. The van der Waals surface area contributed by atoms with Crippen LogP contribution in [0.3, 0.4) is 0 Å². The first-order valence-electron chi connectivity index (χ1n) is 11.6. The number of likely N-dealkylation sites (tertiary alicyclic amines) is 1. The van der Waals surface area contributed by atoms with Crippen molar-refractivity contribution < 1.29 is 18.7 Å². The fourth-order valence-electron chi connectivity index (χ4n) is 4.49. The number of piperidine rings is 1. The zero-order valence-electron chi connectivity index (χ0n) is 20.0. The van der Waals surface area contributed by atoms with E-state index in [-0.39, 0.29) is 17.8 Å². The molecule has 0 aliphatic carbocycles. The molecule has 1 heterocycles. The number of carbonyl (C=O) groups excluding carboxylic acids is 1. The van der Waals surface area contributed by atoms with Gasteiger partial charge in [0.2, 0.25) is 0 Å². The number of amides is 1. The number of carbonyl (C=O) groups is 1. The van der Waals surface area contributed by atoms with E-state index in [0.717, 1.165) is 60.8 Å². The first-order valence-corrected chi connectivity index (χ1v) is 11.6. The third-order valence-electron chi connectivity index (χ3n) is 6.43. The Balaban J connectivity index is 1.50. The highest BCUT2D eigenvalue weighted by molar-refractivity contribution is 6.06. The molecule has 34 heavy (non-hydrogen) atoms. The number of anilines is 1. The minimum absolute atomic E-state index is 0.0354. The zero-order valence-corrected chi connectivity index (χ0v) is 20.0. The molecule has 3 aromatic rings.